The van der Waals surface area contributed by atoms with E-state index in [0.717, 1.165) is 34.2 Å². The van der Waals surface area contributed by atoms with Crippen molar-refractivity contribution in [2.75, 3.05) is 6.61 Å². The van der Waals surface area contributed by atoms with Crippen LogP contribution < -0.4 is 4.74 Å². The molecule has 1 aliphatic heterocycles. The molecule has 3 aromatic rings. The van der Waals surface area contributed by atoms with Gasteiger partial charge >= 0.3 is 0 Å². The Labute approximate surface area is 206 Å². The number of rotatable bonds is 7. The van der Waals surface area contributed by atoms with Crippen molar-refractivity contribution in [1.82, 2.24) is 4.90 Å². The van der Waals surface area contributed by atoms with Crippen molar-refractivity contribution in [1.29, 1.82) is 0 Å². The second-order valence-corrected chi connectivity index (χ2v) is 9.15. The number of carbonyl (C=O) groups excluding carboxylic acids is 2. The number of aliphatic hydroxyl groups is 1. The Morgan fingerprint density at radius 3 is 2.14 bits per heavy atom. The number of aliphatic hydroxyl groups excluding tert-OH is 1. The molecule has 1 saturated heterocycles. The number of benzene rings is 3. The summed E-state index contributed by atoms with van der Waals surface area (Å²) >= 11 is 0. The molecule has 0 aromatic heterocycles. The number of ketones is 1. The average Bonchev–Trinajstić information content (AvgIpc) is 3.09. The maximum Gasteiger partial charge on any atom is 0.295 e. The smallest absolute Gasteiger partial charge is 0.295 e. The predicted molar refractivity (Wildman–Crippen MR) is 137 cm³/mol. The highest BCUT2D eigenvalue weighted by Crippen LogP contribution is 2.41. The third kappa shape index (κ3) is 4.99. The molecule has 180 valence electrons. The van der Waals surface area contributed by atoms with Crippen molar-refractivity contribution >= 4 is 17.4 Å². The molecule has 1 aliphatic rings. The molecule has 1 amide bonds. The molecule has 0 aliphatic carbocycles. The van der Waals surface area contributed by atoms with Gasteiger partial charge in [-0.2, -0.15) is 0 Å². The summed E-state index contributed by atoms with van der Waals surface area (Å²) in [5.41, 5.74) is 5.28. The third-order valence-corrected chi connectivity index (χ3v) is 6.33. The Balaban J connectivity index is 1.81. The fourth-order valence-corrected chi connectivity index (χ4v) is 4.39. The monoisotopic (exact) mass is 469 g/mol. The van der Waals surface area contributed by atoms with E-state index in [2.05, 4.69) is 0 Å². The first-order valence-corrected chi connectivity index (χ1v) is 11.9. The maximum absolute atomic E-state index is 13.3. The number of amides is 1. The van der Waals surface area contributed by atoms with Crippen LogP contribution in [0.15, 0.2) is 72.3 Å². The Morgan fingerprint density at radius 1 is 0.914 bits per heavy atom. The molecule has 1 atom stereocenters. The van der Waals surface area contributed by atoms with Crippen molar-refractivity contribution in [3.8, 4) is 5.75 Å². The van der Waals surface area contributed by atoms with Crippen molar-refractivity contribution in [2.45, 2.75) is 46.7 Å². The van der Waals surface area contributed by atoms with Crippen LogP contribution in [0.3, 0.4) is 0 Å². The van der Waals surface area contributed by atoms with Gasteiger partial charge in [0.05, 0.1) is 18.2 Å². The zero-order valence-electron chi connectivity index (χ0n) is 20.7. The summed E-state index contributed by atoms with van der Waals surface area (Å²) in [5, 5.41) is 11.4. The lowest BCUT2D eigenvalue weighted by atomic mass is 9.93. The van der Waals surface area contributed by atoms with Crippen LogP contribution in [0.25, 0.3) is 5.76 Å². The van der Waals surface area contributed by atoms with E-state index in [1.807, 2.05) is 82.3 Å². The molecular formula is C30H31NO4. The molecule has 5 heteroatoms. The van der Waals surface area contributed by atoms with Crippen LogP contribution in [0.2, 0.25) is 0 Å². The lowest BCUT2D eigenvalue weighted by molar-refractivity contribution is -0.140. The molecule has 0 bridgehead atoms. The Bertz CT molecular complexity index is 1270. The first-order chi connectivity index (χ1) is 16.8. The van der Waals surface area contributed by atoms with Gasteiger partial charge in [0.25, 0.3) is 11.7 Å². The Morgan fingerprint density at radius 2 is 1.54 bits per heavy atom. The number of hydrogen-bond donors (Lipinski definition) is 1. The first-order valence-electron chi connectivity index (χ1n) is 11.9. The molecule has 0 radical (unpaired) electrons. The lowest BCUT2D eigenvalue weighted by Gasteiger charge is -2.26. The zero-order chi connectivity index (χ0) is 25.1. The van der Waals surface area contributed by atoms with E-state index < -0.39 is 17.7 Å². The predicted octanol–water partition coefficient (Wildman–Crippen LogP) is 6.02. The highest BCUT2D eigenvalue weighted by atomic mass is 16.5. The van der Waals surface area contributed by atoms with Crippen molar-refractivity contribution in [3.05, 3.63) is 106 Å². The highest BCUT2D eigenvalue weighted by molar-refractivity contribution is 6.46. The van der Waals surface area contributed by atoms with Gasteiger partial charge in [-0.1, -0.05) is 66.6 Å². The molecule has 1 heterocycles. The maximum atomic E-state index is 13.3. The van der Waals surface area contributed by atoms with Gasteiger partial charge in [-0.3, -0.25) is 9.59 Å². The van der Waals surface area contributed by atoms with Crippen LogP contribution in [-0.2, 0) is 16.1 Å². The van der Waals surface area contributed by atoms with Crippen LogP contribution in [0, 0.1) is 20.8 Å². The van der Waals surface area contributed by atoms with Gasteiger partial charge < -0.3 is 14.7 Å². The SMILES string of the molecule is CCCOc1ccc(C(O)=C2C(=O)C(=O)N(Cc3ccc(C)cc3)[C@H]2c2ccc(C)cc2)c(C)c1. The van der Waals surface area contributed by atoms with E-state index in [1.54, 1.807) is 17.0 Å². The largest absolute Gasteiger partial charge is 0.507 e. The van der Waals surface area contributed by atoms with Gasteiger partial charge in [-0.05, 0) is 62.1 Å². The number of hydrogen-bond acceptors (Lipinski definition) is 4. The molecule has 1 fully saturated rings. The van der Waals surface area contributed by atoms with E-state index in [-0.39, 0.29) is 17.9 Å². The molecule has 5 nitrogen and oxygen atoms in total. The number of ether oxygens (including phenoxy) is 1. The van der Waals surface area contributed by atoms with Crippen LogP contribution in [0.4, 0.5) is 0 Å². The standard InChI is InChI=1S/C30H31NO4/c1-5-16-35-24-14-15-25(21(4)17-24)28(32)26-27(23-12-8-20(3)9-13-23)31(30(34)29(26)33)18-22-10-6-19(2)7-11-22/h6-15,17,27,32H,5,16,18H2,1-4H3/t27-/m0/s1. The molecule has 1 N–H and O–H groups in total. The van der Waals surface area contributed by atoms with E-state index in [0.29, 0.717) is 17.9 Å². The fraction of sp³-hybridized carbons (Fsp3) is 0.267. The number of carbonyl (C=O) groups is 2. The van der Waals surface area contributed by atoms with Crippen molar-refractivity contribution in [2.24, 2.45) is 0 Å². The summed E-state index contributed by atoms with van der Waals surface area (Å²) in [7, 11) is 0. The summed E-state index contributed by atoms with van der Waals surface area (Å²) < 4.78 is 5.70. The molecule has 3 aromatic carbocycles. The second-order valence-electron chi connectivity index (χ2n) is 9.15. The summed E-state index contributed by atoms with van der Waals surface area (Å²) in [6.45, 7) is 8.75. The van der Waals surface area contributed by atoms with Crippen LogP contribution in [0.1, 0.15) is 52.8 Å². The molecule has 0 spiro atoms. The molecule has 35 heavy (non-hydrogen) atoms. The topological polar surface area (TPSA) is 66.8 Å². The first kappa shape index (κ1) is 24.3. The normalized spacial score (nSPS) is 17.1. The fourth-order valence-electron chi connectivity index (χ4n) is 4.39. The highest BCUT2D eigenvalue weighted by Gasteiger charge is 2.46. The Kier molecular flexibility index (Phi) is 7.06. The summed E-state index contributed by atoms with van der Waals surface area (Å²) in [6, 6.07) is 20.3. The van der Waals surface area contributed by atoms with E-state index in [9.17, 15) is 14.7 Å². The van der Waals surface area contributed by atoms with E-state index in [4.69, 9.17) is 4.74 Å². The number of aryl methyl sites for hydroxylation is 3. The van der Waals surface area contributed by atoms with Crippen LogP contribution in [0.5, 0.6) is 5.75 Å². The average molecular weight is 470 g/mol. The Hall–Kier alpha value is -3.86. The quantitative estimate of drug-likeness (QED) is 0.261. The molecule has 4 rings (SSSR count). The van der Waals surface area contributed by atoms with E-state index in [1.165, 1.54) is 0 Å². The molecule has 0 unspecified atom stereocenters. The number of Topliss-reactive ketones (excluding diaryl/α,β-unsaturated/α-hetero) is 1. The minimum Gasteiger partial charge on any atom is -0.507 e. The minimum atomic E-state index is -0.688. The third-order valence-electron chi connectivity index (χ3n) is 6.33. The molecular weight excluding hydrogens is 438 g/mol. The zero-order valence-corrected chi connectivity index (χ0v) is 20.7. The van der Waals surface area contributed by atoms with Gasteiger partial charge in [0, 0.05) is 12.1 Å². The van der Waals surface area contributed by atoms with E-state index >= 15 is 0 Å². The number of likely N-dealkylation sites (tertiary alicyclic amines) is 1. The van der Waals surface area contributed by atoms with Gasteiger partial charge in [-0.25, -0.2) is 0 Å². The second kappa shape index (κ2) is 10.2. The van der Waals surface area contributed by atoms with Gasteiger partial charge in [0.2, 0.25) is 0 Å². The number of nitrogens with zero attached hydrogens (tertiary/aromatic N) is 1. The summed E-state index contributed by atoms with van der Waals surface area (Å²) in [4.78, 5) is 28.1. The van der Waals surface area contributed by atoms with Gasteiger partial charge in [-0.15, -0.1) is 0 Å². The van der Waals surface area contributed by atoms with Crippen molar-refractivity contribution in [3.63, 3.8) is 0 Å². The lowest BCUT2D eigenvalue weighted by Crippen LogP contribution is -2.29. The van der Waals surface area contributed by atoms with Gasteiger partial charge in [0.15, 0.2) is 0 Å². The van der Waals surface area contributed by atoms with Gasteiger partial charge in [0.1, 0.15) is 11.5 Å². The minimum absolute atomic E-state index is 0.108. The van der Waals surface area contributed by atoms with Crippen LogP contribution in [-0.4, -0.2) is 28.3 Å². The molecule has 0 saturated carbocycles. The summed E-state index contributed by atoms with van der Waals surface area (Å²) in [6.07, 6.45) is 0.891. The summed E-state index contributed by atoms with van der Waals surface area (Å²) in [5.74, 6) is -0.750. The van der Waals surface area contributed by atoms with Crippen molar-refractivity contribution < 1.29 is 19.4 Å². The van der Waals surface area contributed by atoms with Crippen LogP contribution >= 0.6 is 0 Å².